The molecular weight excluding hydrogens is 260 g/mol. The molecule has 0 aromatic carbocycles. The normalized spacial score (nSPS) is 29.7. The van der Waals surface area contributed by atoms with Crippen LogP contribution in [0.1, 0.15) is 26.7 Å². The van der Waals surface area contributed by atoms with Crippen LogP contribution in [0.2, 0.25) is 0 Å². The molecule has 2 aliphatic rings. The standard InChI is InChI=1S/C15H29F2N3/c1-3-18-9-11-20(12-10-18)8-6-14-5-7-19(4-2)13-15(14,16)17/h14H,3-13H2,1-2H3. The molecule has 0 aromatic heterocycles. The van der Waals surface area contributed by atoms with Crippen molar-refractivity contribution in [3.8, 4) is 0 Å². The second-order valence-corrected chi connectivity index (χ2v) is 6.18. The Kier molecular flexibility index (Phi) is 5.75. The molecule has 2 fully saturated rings. The van der Waals surface area contributed by atoms with Crippen molar-refractivity contribution in [1.29, 1.82) is 0 Å². The van der Waals surface area contributed by atoms with Gasteiger partial charge >= 0.3 is 0 Å². The van der Waals surface area contributed by atoms with E-state index in [0.717, 1.165) is 52.4 Å². The van der Waals surface area contributed by atoms with E-state index in [9.17, 15) is 8.78 Å². The van der Waals surface area contributed by atoms with Gasteiger partial charge in [0.25, 0.3) is 5.92 Å². The van der Waals surface area contributed by atoms with Crippen molar-refractivity contribution in [2.45, 2.75) is 32.6 Å². The summed E-state index contributed by atoms with van der Waals surface area (Å²) in [5.74, 6) is -2.92. The molecule has 0 aromatic rings. The molecule has 3 nitrogen and oxygen atoms in total. The predicted molar refractivity (Wildman–Crippen MR) is 78.3 cm³/mol. The van der Waals surface area contributed by atoms with Crippen LogP contribution in [-0.4, -0.2) is 79.5 Å². The number of piperidine rings is 1. The fraction of sp³-hybridized carbons (Fsp3) is 1.00. The van der Waals surface area contributed by atoms with Crippen molar-refractivity contribution in [3.05, 3.63) is 0 Å². The van der Waals surface area contributed by atoms with E-state index in [2.05, 4.69) is 16.7 Å². The van der Waals surface area contributed by atoms with Gasteiger partial charge in [-0.15, -0.1) is 0 Å². The molecule has 2 heterocycles. The van der Waals surface area contributed by atoms with Gasteiger partial charge in [-0.05, 0) is 39.0 Å². The molecule has 0 N–H and O–H groups in total. The van der Waals surface area contributed by atoms with Gasteiger partial charge in [0.2, 0.25) is 0 Å². The lowest BCUT2D eigenvalue weighted by atomic mass is 9.89. The molecule has 1 atom stereocenters. The summed E-state index contributed by atoms with van der Waals surface area (Å²) in [5.41, 5.74) is 0. The maximum absolute atomic E-state index is 14.1. The van der Waals surface area contributed by atoms with Crippen LogP contribution in [0.25, 0.3) is 0 Å². The molecule has 0 aliphatic carbocycles. The first kappa shape index (κ1) is 16.1. The lowest BCUT2D eigenvalue weighted by Crippen LogP contribution is -2.50. The third kappa shape index (κ3) is 4.12. The fourth-order valence-electron chi connectivity index (χ4n) is 3.35. The van der Waals surface area contributed by atoms with Crippen molar-refractivity contribution in [3.63, 3.8) is 0 Å². The summed E-state index contributed by atoms with van der Waals surface area (Å²) < 4.78 is 28.2. The maximum atomic E-state index is 14.1. The average Bonchev–Trinajstić information content (AvgIpc) is 2.45. The summed E-state index contributed by atoms with van der Waals surface area (Å²) in [4.78, 5) is 6.65. The van der Waals surface area contributed by atoms with Crippen LogP contribution in [0.4, 0.5) is 8.78 Å². The molecule has 0 saturated carbocycles. The molecule has 0 amide bonds. The van der Waals surface area contributed by atoms with Crippen LogP contribution in [-0.2, 0) is 0 Å². The van der Waals surface area contributed by atoms with Gasteiger partial charge < -0.3 is 9.80 Å². The van der Waals surface area contributed by atoms with Crippen molar-refractivity contribution in [1.82, 2.24) is 14.7 Å². The molecule has 20 heavy (non-hydrogen) atoms. The van der Waals surface area contributed by atoms with Gasteiger partial charge in [0.15, 0.2) is 0 Å². The Morgan fingerprint density at radius 1 is 0.900 bits per heavy atom. The van der Waals surface area contributed by atoms with Gasteiger partial charge in [-0.25, -0.2) is 8.78 Å². The van der Waals surface area contributed by atoms with Crippen LogP contribution in [0.5, 0.6) is 0 Å². The zero-order valence-electron chi connectivity index (χ0n) is 13.0. The van der Waals surface area contributed by atoms with Crippen LogP contribution in [0.3, 0.4) is 0 Å². The molecule has 0 radical (unpaired) electrons. The summed E-state index contributed by atoms with van der Waals surface area (Å²) in [5, 5.41) is 0. The van der Waals surface area contributed by atoms with E-state index in [1.165, 1.54) is 0 Å². The first-order valence-corrected chi connectivity index (χ1v) is 8.10. The number of piperazine rings is 1. The number of hydrogen-bond acceptors (Lipinski definition) is 3. The third-order valence-corrected chi connectivity index (χ3v) is 4.98. The van der Waals surface area contributed by atoms with Gasteiger partial charge in [-0.3, -0.25) is 4.90 Å². The lowest BCUT2D eigenvalue weighted by Gasteiger charge is -2.39. The molecule has 1 unspecified atom stereocenters. The highest BCUT2D eigenvalue weighted by atomic mass is 19.3. The zero-order chi connectivity index (χ0) is 14.6. The first-order valence-electron chi connectivity index (χ1n) is 8.10. The topological polar surface area (TPSA) is 9.72 Å². The average molecular weight is 289 g/mol. The van der Waals surface area contributed by atoms with E-state index < -0.39 is 11.8 Å². The van der Waals surface area contributed by atoms with E-state index in [1.807, 2.05) is 11.8 Å². The number of likely N-dealkylation sites (N-methyl/N-ethyl adjacent to an activating group) is 1. The Morgan fingerprint density at radius 2 is 1.50 bits per heavy atom. The number of rotatable bonds is 5. The van der Waals surface area contributed by atoms with Gasteiger partial charge in [0.05, 0.1) is 6.54 Å². The SMILES string of the molecule is CCN1CCN(CCC2CCN(CC)CC2(F)F)CC1. The molecular formula is C15H29F2N3. The highest BCUT2D eigenvalue weighted by molar-refractivity contribution is 4.87. The zero-order valence-corrected chi connectivity index (χ0v) is 13.0. The minimum absolute atomic E-state index is 0.0439. The molecule has 0 bridgehead atoms. The van der Waals surface area contributed by atoms with E-state index in [4.69, 9.17) is 0 Å². The molecule has 2 saturated heterocycles. The number of hydrogen-bond donors (Lipinski definition) is 0. The van der Waals surface area contributed by atoms with E-state index in [-0.39, 0.29) is 6.54 Å². The molecule has 0 spiro atoms. The Bertz CT molecular complexity index is 291. The van der Waals surface area contributed by atoms with Crippen LogP contribution in [0.15, 0.2) is 0 Å². The van der Waals surface area contributed by atoms with Gasteiger partial charge in [-0.2, -0.15) is 0 Å². The van der Waals surface area contributed by atoms with Crippen molar-refractivity contribution in [2.75, 3.05) is 58.9 Å². The monoisotopic (exact) mass is 289 g/mol. The lowest BCUT2D eigenvalue weighted by molar-refractivity contribution is -0.114. The Morgan fingerprint density at radius 3 is 2.05 bits per heavy atom. The first-order chi connectivity index (χ1) is 9.55. The second-order valence-electron chi connectivity index (χ2n) is 6.18. The highest BCUT2D eigenvalue weighted by Gasteiger charge is 2.43. The fourth-order valence-corrected chi connectivity index (χ4v) is 3.35. The van der Waals surface area contributed by atoms with Crippen molar-refractivity contribution >= 4 is 0 Å². The molecule has 2 rings (SSSR count). The van der Waals surface area contributed by atoms with Crippen LogP contribution >= 0.6 is 0 Å². The van der Waals surface area contributed by atoms with Gasteiger partial charge in [0, 0.05) is 32.1 Å². The second kappa shape index (κ2) is 7.14. The van der Waals surface area contributed by atoms with E-state index >= 15 is 0 Å². The summed E-state index contributed by atoms with van der Waals surface area (Å²) in [6, 6.07) is 0. The Hall–Kier alpha value is -0.260. The van der Waals surface area contributed by atoms with E-state index in [1.54, 1.807) is 0 Å². The maximum Gasteiger partial charge on any atom is 0.263 e. The largest absolute Gasteiger partial charge is 0.301 e. The van der Waals surface area contributed by atoms with Gasteiger partial charge in [0.1, 0.15) is 0 Å². The van der Waals surface area contributed by atoms with Crippen molar-refractivity contribution < 1.29 is 8.78 Å². The Labute approximate surface area is 121 Å². The smallest absolute Gasteiger partial charge is 0.263 e. The van der Waals surface area contributed by atoms with Crippen LogP contribution in [0, 0.1) is 5.92 Å². The third-order valence-electron chi connectivity index (χ3n) is 4.98. The van der Waals surface area contributed by atoms with E-state index in [0.29, 0.717) is 12.8 Å². The summed E-state index contributed by atoms with van der Waals surface area (Å²) in [7, 11) is 0. The predicted octanol–water partition coefficient (Wildman–Crippen LogP) is 1.99. The van der Waals surface area contributed by atoms with Gasteiger partial charge in [-0.1, -0.05) is 13.8 Å². The quantitative estimate of drug-likeness (QED) is 0.766. The number of nitrogens with zero attached hydrogens (tertiary/aromatic N) is 3. The minimum Gasteiger partial charge on any atom is -0.301 e. The highest BCUT2D eigenvalue weighted by Crippen LogP contribution is 2.35. The Balaban J connectivity index is 1.74. The summed E-state index contributed by atoms with van der Waals surface area (Å²) in [6.45, 7) is 11.8. The molecule has 118 valence electrons. The summed E-state index contributed by atoms with van der Waals surface area (Å²) >= 11 is 0. The molecule has 5 heteroatoms. The number of alkyl halides is 2. The summed E-state index contributed by atoms with van der Waals surface area (Å²) in [6.07, 6.45) is 1.30. The minimum atomic E-state index is -2.50. The number of likely N-dealkylation sites (tertiary alicyclic amines) is 1. The van der Waals surface area contributed by atoms with Crippen molar-refractivity contribution in [2.24, 2.45) is 5.92 Å². The van der Waals surface area contributed by atoms with Crippen LogP contribution < -0.4 is 0 Å². The number of halogens is 2. The molecule has 2 aliphatic heterocycles.